The average molecular weight is 556 g/mol. The van der Waals surface area contributed by atoms with Gasteiger partial charge in [0.1, 0.15) is 11.9 Å². The molecule has 0 aromatic heterocycles. The molecule has 0 radical (unpaired) electrons. The highest BCUT2D eigenvalue weighted by molar-refractivity contribution is 9.10. The first kappa shape index (κ1) is 27.8. The summed E-state index contributed by atoms with van der Waals surface area (Å²) < 4.78 is 39.9. The van der Waals surface area contributed by atoms with Gasteiger partial charge >= 0.3 is 0 Å². The molecular formula is C24H31BrFN3O4S. The van der Waals surface area contributed by atoms with Crippen LogP contribution in [0.5, 0.6) is 0 Å². The van der Waals surface area contributed by atoms with Crippen LogP contribution < -0.4 is 9.62 Å². The third kappa shape index (κ3) is 8.39. The molecule has 2 aromatic rings. The van der Waals surface area contributed by atoms with Crippen molar-refractivity contribution < 1.29 is 22.4 Å². The van der Waals surface area contributed by atoms with Gasteiger partial charge in [0, 0.05) is 30.5 Å². The lowest BCUT2D eigenvalue weighted by molar-refractivity contribution is -0.140. The van der Waals surface area contributed by atoms with Gasteiger partial charge < -0.3 is 10.2 Å². The number of anilines is 1. The van der Waals surface area contributed by atoms with E-state index in [1.165, 1.54) is 29.2 Å². The van der Waals surface area contributed by atoms with Gasteiger partial charge in [-0.25, -0.2) is 12.8 Å². The minimum Gasteiger partial charge on any atom is -0.354 e. The standard InChI is InChI=1S/C24H31BrFN3O4S/c1-4-15-27-24(31)18(2)28(17-19-7-9-20(25)10-8-19)23(30)6-5-16-29(34(3,32)33)22-13-11-21(26)12-14-22/h7-14,18H,4-6,15-17H2,1-3H3,(H,27,31). The third-order valence-corrected chi connectivity index (χ3v) is 6.97. The zero-order chi connectivity index (χ0) is 25.3. The van der Waals surface area contributed by atoms with E-state index in [1.54, 1.807) is 6.92 Å². The number of halogens is 2. The molecule has 2 rings (SSSR count). The second kappa shape index (κ2) is 12.9. The number of rotatable bonds is 12. The van der Waals surface area contributed by atoms with Gasteiger partial charge in [0.15, 0.2) is 0 Å². The number of carbonyl (C=O) groups excluding carboxylic acids is 2. The molecule has 0 aliphatic rings. The Bertz CT molecular complexity index is 1060. The molecule has 10 heteroatoms. The SMILES string of the molecule is CCCNC(=O)C(C)N(Cc1ccc(Br)cc1)C(=O)CCCN(c1ccc(F)cc1)S(C)(=O)=O. The molecule has 0 fully saturated rings. The molecule has 2 amide bonds. The van der Waals surface area contributed by atoms with Crippen LogP contribution in [0, 0.1) is 5.82 Å². The van der Waals surface area contributed by atoms with Crippen molar-refractivity contribution in [3.05, 3.63) is 64.4 Å². The first-order chi connectivity index (χ1) is 16.0. The summed E-state index contributed by atoms with van der Waals surface area (Å²) in [6.45, 7) is 4.46. The maximum Gasteiger partial charge on any atom is 0.242 e. The van der Waals surface area contributed by atoms with E-state index in [9.17, 15) is 22.4 Å². The van der Waals surface area contributed by atoms with Crippen LogP contribution >= 0.6 is 15.9 Å². The van der Waals surface area contributed by atoms with E-state index < -0.39 is 21.9 Å². The molecule has 2 aromatic carbocycles. The summed E-state index contributed by atoms with van der Waals surface area (Å²) in [5.74, 6) is -0.961. The van der Waals surface area contributed by atoms with Crippen molar-refractivity contribution in [2.24, 2.45) is 0 Å². The van der Waals surface area contributed by atoms with E-state index in [0.29, 0.717) is 12.2 Å². The molecule has 186 valence electrons. The molecular weight excluding hydrogens is 525 g/mol. The predicted molar refractivity (Wildman–Crippen MR) is 135 cm³/mol. The summed E-state index contributed by atoms with van der Waals surface area (Å²) in [5.41, 5.74) is 1.20. The summed E-state index contributed by atoms with van der Waals surface area (Å²) in [6, 6.07) is 12.0. The van der Waals surface area contributed by atoms with Gasteiger partial charge in [-0.05, 0) is 61.7 Å². The van der Waals surface area contributed by atoms with Crippen molar-refractivity contribution in [2.45, 2.75) is 45.7 Å². The van der Waals surface area contributed by atoms with Crippen LogP contribution in [0.4, 0.5) is 10.1 Å². The van der Waals surface area contributed by atoms with Crippen molar-refractivity contribution in [1.29, 1.82) is 0 Å². The van der Waals surface area contributed by atoms with Crippen LogP contribution in [0.3, 0.4) is 0 Å². The highest BCUT2D eigenvalue weighted by atomic mass is 79.9. The predicted octanol–water partition coefficient (Wildman–Crippen LogP) is 4.08. The minimum atomic E-state index is -3.62. The lowest BCUT2D eigenvalue weighted by atomic mass is 10.1. The lowest BCUT2D eigenvalue weighted by Gasteiger charge is -2.29. The fraction of sp³-hybridized carbons (Fsp3) is 0.417. The fourth-order valence-electron chi connectivity index (χ4n) is 3.38. The Morgan fingerprint density at radius 3 is 2.26 bits per heavy atom. The van der Waals surface area contributed by atoms with E-state index in [1.807, 2.05) is 31.2 Å². The second-order valence-corrected chi connectivity index (χ2v) is 10.9. The summed E-state index contributed by atoms with van der Waals surface area (Å²) in [7, 11) is -3.62. The highest BCUT2D eigenvalue weighted by Gasteiger charge is 2.26. The van der Waals surface area contributed by atoms with Gasteiger partial charge in [0.05, 0.1) is 11.9 Å². The molecule has 0 saturated carbocycles. The number of benzene rings is 2. The Kier molecular flexibility index (Phi) is 10.5. The maximum absolute atomic E-state index is 13.3. The zero-order valence-electron chi connectivity index (χ0n) is 19.6. The molecule has 0 saturated heterocycles. The van der Waals surface area contributed by atoms with E-state index in [4.69, 9.17) is 0 Å². The molecule has 0 aliphatic carbocycles. The normalized spacial score (nSPS) is 12.1. The van der Waals surface area contributed by atoms with Gasteiger partial charge in [-0.3, -0.25) is 13.9 Å². The molecule has 0 heterocycles. The largest absolute Gasteiger partial charge is 0.354 e. The van der Waals surface area contributed by atoms with Gasteiger partial charge in [0.25, 0.3) is 0 Å². The van der Waals surface area contributed by atoms with Crippen LogP contribution in [0.2, 0.25) is 0 Å². The van der Waals surface area contributed by atoms with Gasteiger partial charge in [-0.2, -0.15) is 0 Å². The highest BCUT2D eigenvalue weighted by Crippen LogP contribution is 2.20. The molecule has 0 aliphatic heterocycles. The summed E-state index contributed by atoms with van der Waals surface area (Å²) in [5, 5.41) is 2.82. The smallest absolute Gasteiger partial charge is 0.242 e. The molecule has 7 nitrogen and oxygen atoms in total. The number of amides is 2. The second-order valence-electron chi connectivity index (χ2n) is 8.03. The Morgan fingerprint density at radius 1 is 1.09 bits per heavy atom. The first-order valence-corrected chi connectivity index (χ1v) is 13.7. The van der Waals surface area contributed by atoms with E-state index in [-0.39, 0.29) is 37.7 Å². The van der Waals surface area contributed by atoms with E-state index in [2.05, 4.69) is 21.2 Å². The molecule has 0 spiro atoms. The fourth-order valence-corrected chi connectivity index (χ4v) is 4.61. The van der Waals surface area contributed by atoms with Gasteiger partial charge in [-0.15, -0.1) is 0 Å². The molecule has 1 atom stereocenters. The van der Waals surface area contributed by atoms with Crippen LogP contribution in [0.15, 0.2) is 53.0 Å². The van der Waals surface area contributed by atoms with Gasteiger partial charge in [-0.1, -0.05) is 35.0 Å². The molecule has 34 heavy (non-hydrogen) atoms. The molecule has 0 bridgehead atoms. The van der Waals surface area contributed by atoms with Crippen molar-refractivity contribution in [2.75, 3.05) is 23.7 Å². The lowest BCUT2D eigenvalue weighted by Crippen LogP contribution is -2.47. The Morgan fingerprint density at radius 2 is 1.71 bits per heavy atom. The average Bonchev–Trinajstić information content (AvgIpc) is 2.79. The van der Waals surface area contributed by atoms with Crippen molar-refractivity contribution in [3.8, 4) is 0 Å². The Labute approximate surface area is 209 Å². The summed E-state index contributed by atoms with van der Waals surface area (Å²) in [4.78, 5) is 27.3. The van der Waals surface area contributed by atoms with Crippen molar-refractivity contribution in [3.63, 3.8) is 0 Å². The minimum absolute atomic E-state index is 0.0507. The number of carbonyl (C=O) groups is 2. The summed E-state index contributed by atoms with van der Waals surface area (Å²) in [6.07, 6.45) is 2.14. The number of nitrogens with zero attached hydrogens (tertiary/aromatic N) is 2. The van der Waals surface area contributed by atoms with Crippen LogP contribution in [0.1, 0.15) is 38.7 Å². The number of nitrogens with one attached hydrogen (secondary N) is 1. The van der Waals surface area contributed by atoms with E-state index in [0.717, 1.165) is 27.0 Å². The van der Waals surface area contributed by atoms with E-state index >= 15 is 0 Å². The first-order valence-electron chi connectivity index (χ1n) is 11.1. The number of hydrogen-bond donors (Lipinski definition) is 1. The van der Waals surface area contributed by atoms with Crippen LogP contribution in [-0.4, -0.2) is 50.5 Å². The third-order valence-electron chi connectivity index (χ3n) is 5.25. The van der Waals surface area contributed by atoms with Crippen molar-refractivity contribution in [1.82, 2.24) is 10.2 Å². The topological polar surface area (TPSA) is 86.8 Å². The molecule has 1 N–H and O–H groups in total. The van der Waals surface area contributed by atoms with Crippen molar-refractivity contribution >= 4 is 43.5 Å². The monoisotopic (exact) mass is 555 g/mol. The van der Waals surface area contributed by atoms with Crippen LogP contribution in [-0.2, 0) is 26.2 Å². The maximum atomic E-state index is 13.3. The number of hydrogen-bond acceptors (Lipinski definition) is 4. The zero-order valence-corrected chi connectivity index (χ0v) is 22.0. The Hall–Kier alpha value is -2.46. The van der Waals surface area contributed by atoms with Gasteiger partial charge in [0.2, 0.25) is 21.8 Å². The molecule has 1 unspecified atom stereocenters. The quantitative estimate of drug-likeness (QED) is 0.427. The van der Waals surface area contributed by atoms with Crippen LogP contribution in [0.25, 0.3) is 0 Å². The Balaban J connectivity index is 2.13. The summed E-state index contributed by atoms with van der Waals surface area (Å²) >= 11 is 3.39. The number of sulfonamides is 1.